The number of ether oxygens (including phenoxy) is 1. The molecule has 0 saturated carbocycles. The number of rotatable bonds is 6. The lowest BCUT2D eigenvalue weighted by molar-refractivity contribution is -0.126. The fourth-order valence-electron chi connectivity index (χ4n) is 2.47. The van der Waals surface area contributed by atoms with E-state index >= 15 is 0 Å². The van der Waals surface area contributed by atoms with Gasteiger partial charge in [-0.3, -0.25) is 9.59 Å². The summed E-state index contributed by atoms with van der Waals surface area (Å²) in [4.78, 5) is 26.0. The van der Waals surface area contributed by atoms with E-state index in [1.54, 1.807) is 18.1 Å². The van der Waals surface area contributed by atoms with Gasteiger partial charge in [0.15, 0.2) is 0 Å². The van der Waals surface area contributed by atoms with Crippen molar-refractivity contribution < 1.29 is 14.3 Å². The average Bonchev–Trinajstić information content (AvgIpc) is 2.93. The summed E-state index contributed by atoms with van der Waals surface area (Å²) < 4.78 is 5.29. The van der Waals surface area contributed by atoms with Crippen LogP contribution in [0.2, 0.25) is 0 Å². The van der Waals surface area contributed by atoms with Gasteiger partial charge in [0.25, 0.3) is 0 Å². The van der Waals surface area contributed by atoms with Gasteiger partial charge in [-0.25, -0.2) is 0 Å². The Morgan fingerprint density at radius 2 is 2.17 bits per heavy atom. The zero-order valence-electron chi connectivity index (χ0n) is 13.5. The van der Waals surface area contributed by atoms with Gasteiger partial charge in [-0.2, -0.15) is 0 Å². The number of carbonyl (C=O) groups is 2. The number of carbonyl (C=O) groups excluding carboxylic acids is 2. The first-order valence-corrected chi connectivity index (χ1v) is 7.48. The van der Waals surface area contributed by atoms with Crippen molar-refractivity contribution in [3.8, 4) is 5.75 Å². The third kappa shape index (κ3) is 4.59. The molecule has 23 heavy (non-hydrogen) atoms. The number of anilines is 1. The van der Waals surface area contributed by atoms with Crippen LogP contribution in [0.3, 0.4) is 0 Å². The van der Waals surface area contributed by atoms with Crippen LogP contribution in [0.4, 0.5) is 5.69 Å². The number of hydrogen-bond acceptors (Lipinski definition) is 4. The summed E-state index contributed by atoms with van der Waals surface area (Å²) in [6.45, 7) is 3.41. The largest absolute Gasteiger partial charge is 0.495 e. The van der Waals surface area contributed by atoms with E-state index < -0.39 is 0 Å². The fourth-order valence-corrected chi connectivity index (χ4v) is 2.47. The molecule has 3 N–H and O–H groups in total. The Labute approximate surface area is 142 Å². The predicted octanol–water partition coefficient (Wildman–Crippen LogP) is 1.18. The minimum absolute atomic E-state index is 0. The number of amides is 2. The van der Waals surface area contributed by atoms with Crippen LogP contribution in [-0.2, 0) is 9.59 Å². The van der Waals surface area contributed by atoms with E-state index in [-0.39, 0.29) is 42.5 Å². The maximum atomic E-state index is 12.2. The summed E-state index contributed by atoms with van der Waals surface area (Å²) in [5.74, 6) is 0.380. The Kier molecular flexibility index (Phi) is 7.32. The maximum Gasteiger partial charge on any atom is 0.227 e. The van der Waals surface area contributed by atoms with Crippen molar-refractivity contribution in [2.75, 3.05) is 31.6 Å². The molecule has 2 amide bonds. The topological polar surface area (TPSA) is 84.7 Å². The van der Waals surface area contributed by atoms with Crippen molar-refractivity contribution >= 4 is 29.9 Å². The highest BCUT2D eigenvalue weighted by molar-refractivity contribution is 6.01. The molecular weight excluding hydrogens is 318 g/mol. The first kappa shape index (κ1) is 19.3. The van der Waals surface area contributed by atoms with Crippen molar-refractivity contribution in [1.29, 1.82) is 0 Å². The van der Waals surface area contributed by atoms with E-state index in [1.165, 1.54) is 0 Å². The lowest BCUT2D eigenvalue weighted by atomic mass is 10.1. The highest BCUT2D eigenvalue weighted by Gasteiger charge is 2.36. The Morgan fingerprint density at radius 3 is 2.83 bits per heavy atom. The molecule has 0 bridgehead atoms. The molecule has 0 spiro atoms. The van der Waals surface area contributed by atoms with Gasteiger partial charge in [0, 0.05) is 19.5 Å². The number of nitrogens with zero attached hydrogens (tertiary/aromatic N) is 1. The third-order valence-electron chi connectivity index (χ3n) is 3.90. The van der Waals surface area contributed by atoms with Gasteiger partial charge in [-0.05, 0) is 24.6 Å². The molecule has 0 aliphatic carbocycles. The molecule has 6 nitrogen and oxygen atoms in total. The van der Waals surface area contributed by atoms with Crippen LogP contribution in [-0.4, -0.2) is 38.6 Å². The van der Waals surface area contributed by atoms with E-state index in [9.17, 15) is 9.59 Å². The van der Waals surface area contributed by atoms with Crippen LogP contribution in [0.1, 0.15) is 13.3 Å². The monoisotopic (exact) mass is 341 g/mol. The molecule has 1 aliphatic heterocycles. The van der Waals surface area contributed by atoms with Gasteiger partial charge in [0.05, 0.1) is 18.7 Å². The average molecular weight is 342 g/mol. The van der Waals surface area contributed by atoms with Crippen molar-refractivity contribution in [3.63, 3.8) is 0 Å². The molecule has 0 radical (unpaired) electrons. The van der Waals surface area contributed by atoms with E-state index in [2.05, 4.69) is 5.32 Å². The quantitative estimate of drug-likeness (QED) is 0.813. The summed E-state index contributed by atoms with van der Waals surface area (Å²) in [6, 6.07) is 7.33. The van der Waals surface area contributed by atoms with Gasteiger partial charge >= 0.3 is 0 Å². The van der Waals surface area contributed by atoms with Crippen LogP contribution in [0.25, 0.3) is 0 Å². The standard InChI is InChI=1S/C16H23N3O3.ClH/c1-11(8-17)9-18-16(21)12-7-15(20)19(10-12)13-5-3-4-6-14(13)22-2;/h3-6,11-12H,7-10,17H2,1-2H3,(H,18,21);1H. The second kappa shape index (κ2) is 8.74. The number of hydrogen-bond donors (Lipinski definition) is 2. The highest BCUT2D eigenvalue weighted by atomic mass is 35.5. The molecule has 1 aromatic carbocycles. The molecule has 0 aromatic heterocycles. The minimum atomic E-state index is -0.331. The summed E-state index contributed by atoms with van der Waals surface area (Å²) in [7, 11) is 1.57. The molecule has 128 valence electrons. The van der Waals surface area contributed by atoms with Gasteiger partial charge in [-0.15, -0.1) is 12.4 Å². The molecule has 1 heterocycles. The molecule has 7 heteroatoms. The molecule has 1 aromatic rings. The van der Waals surface area contributed by atoms with E-state index in [0.29, 0.717) is 31.1 Å². The SMILES string of the molecule is COc1ccccc1N1CC(C(=O)NCC(C)CN)CC1=O.Cl. The Morgan fingerprint density at radius 1 is 1.48 bits per heavy atom. The second-order valence-corrected chi connectivity index (χ2v) is 5.66. The molecule has 1 saturated heterocycles. The van der Waals surface area contributed by atoms with Crippen molar-refractivity contribution in [1.82, 2.24) is 5.32 Å². The molecule has 2 atom stereocenters. The van der Waals surface area contributed by atoms with E-state index in [4.69, 9.17) is 10.5 Å². The van der Waals surface area contributed by atoms with E-state index in [0.717, 1.165) is 0 Å². The lowest BCUT2D eigenvalue weighted by Gasteiger charge is -2.19. The van der Waals surface area contributed by atoms with Crippen molar-refractivity contribution in [2.24, 2.45) is 17.6 Å². The Hall–Kier alpha value is -1.79. The fraction of sp³-hybridized carbons (Fsp3) is 0.500. The Bertz CT molecular complexity index is 553. The van der Waals surface area contributed by atoms with Crippen molar-refractivity contribution in [2.45, 2.75) is 13.3 Å². The lowest BCUT2D eigenvalue weighted by Crippen LogP contribution is -2.36. The summed E-state index contributed by atoms with van der Waals surface area (Å²) in [6.07, 6.45) is 0.223. The number of nitrogens with one attached hydrogen (secondary N) is 1. The Balaban J connectivity index is 0.00000264. The number of methoxy groups -OCH3 is 1. The first-order chi connectivity index (χ1) is 10.6. The second-order valence-electron chi connectivity index (χ2n) is 5.66. The van der Waals surface area contributed by atoms with Gasteiger partial charge < -0.3 is 20.7 Å². The maximum absolute atomic E-state index is 12.2. The first-order valence-electron chi connectivity index (χ1n) is 7.48. The minimum Gasteiger partial charge on any atom is -0.495 e. The van der Waals surface area contributed by atoms with Crippen molar-refractivity contribution in [3.05, 3.63) is 24.3 Å². The summed E-state index contributed by atoms with van der Waals surface area (Å²) in [5, 5.41) is 2.87. The smallest absolute Gasteiger partial charge is 0.227 e. The zero-order valence-corrected chi connectivity index (χ0v) is 14.3. The predicted molar refractivity (Wildman–Crippen MR) is 91.9 cm³/mol. The number of halogens is 1. The van der Waals surface area contributed by atoms with Crippen LogP contribution < -0.4 is 20.7 Å². The third-order valence-corrected chi connectivity index (χ3v) is 3.90. The molecular formula is C16H24ClN3O3. The zero-order chi connectivity index (χ0) is 16.1. The van der Waals surface area contributed by atoms with E-state index in [1.807, 2.05) is 25.1 Å². The molecule has 1 aliphatic rings. The molecule has 2 rings (SSSR count). The normalized spacial score (nSPS) is 18.3. The number of nitrogens with two attached hydrogens (primary N) is 1. The van der Waals surface area contributed by atoms with Crippen LogP contribution in [0, 0.1) is 11.8 Å². The summed E-state index contributed by atoms with van der Waals surface area (Å²) >= 11 is 0. The highest BCUT2D eigenvalue weighted by Crippen LogP contribution is 2.32. The summed E-state index contributed by atoms with van der Waals surface area (Å²) in [5.41, 5.74) is 6.25. The molecule has 2 unspecified atom stereocenters. The molecule has 1 fully saturated rings. The van der Waals surface area contributed by atoms with Gasteiger partial charge in [-0.1, -0.05) is 19.1 Å². The number of para-hydroxylation sites is 2. The van der Waals surface area contributed by atoms with Gasteiger partial charge in [0.1, 0.15) is 5.75 Å². The van der Waals surface area contributed by atoms with Crippen LogP contribution in [0.5, 0.6) is 5.75 Å². The number of benzene rings is 1. The van der Waals surface area contributed by atoms with Gasteiger partial charge in [0.2, 0.25) is 11.8 Å². The van der Waals surface area contributed by atoms with Crippen LogP contribution in [0.15, 0.2) is 24.3 Å². The van der Waals surface area contributed by atoms with Crippen LogP contribution >= 0.6 is 12.4 Å².